The van der Waals surface area contributed by atoms with E-state index in [1.165, 1.54) is 9.78 Å². The van der Waals surface area contributed by atoms with Crippen molar-refractivity contribution in [2.75, 3.05) is 26.2 Å². The molecule has 0 spiro atoms. The highest BCUT2D eigenvalue weighted by Crippen LogP contribution is 2.20. The molecule has 0 aromatic carbocycles. The number of halogens is 1. The van der Waals surface area contributed by atoms with Gasteiger partial charge in [0.15, 0.2) is 6.04 Å². The fourth-order valence-electron chi connectivity index (χ4n) is 2.97. The Balaban J connectivity index is 1.44. The quantitative estimate of drug-likeness (QED) is 0.660. The van der Waals surface area contributed by atoms with Crippen molar-refractivity contribution in [1.29, 1.82) is 0 Å². The maximum Gasteiger partial charge on any atom is 0.278 e. The second kappa shape index (κ2) is 6.65. The van der Waals surface area contributed by atoms with Gasteiger partial charge in [-0.25, -0.2) is 0 Å². The number of hydrogen-bond acceptors (Lipinski definition) is 2. The van der Waals surface area contributed by atoms with Crippen LogP contribution in [-0.4, -0.2) is 44.2 Å². The van der Waals surface area contributed by atoms with E-state index >= 15 is 0 Å². The SMILES string of the molecule is C[C@@H](C(=O)NC1CC1)[NH+]1CC[NH+](Cc2ccc(Cl)s2)CC1. The standard InChI is InChI=1S/C15H22ClN3OS/c1-11(15(20)17-12-2-3-12)19-8-6-18(7-9-19)10-13-4-5-14(16)21-13/h4-5,11-12H,2-3,6-10H2,1H3,(H,17,20)/p+2/t11-/m0/s1. The first-order valence-corrected chi connectivity index (χ1v) is 9.04. The lowest BCUT2D eigenvalue weighted by Gasteiger charge is -2.32. The van der Waals surface area contributed by atoms with Crippen molar-refractivity contribution in [2.24, 2.45) is 0 Å². The zero-order valence-corrected chi connectivity index (χ0v) is 14.0. The lowest BCUT2D eigenvalue weighted by molar-refractivity contribution is -1.02. The second-order valence-corrected chi connectivity index (χ2v) is 8.10. The first-order valence-electron chi connectivity index (χ1n) is 7.84. The molecule has 21 heavy (non-hydrogen) atoms. The summed E-state index contributed by atoms with van der Waals surface area (Å²) in [6.07, 6.45) is 2.32. The molecule has 1 aromatic heterocycles. The van der Waals surface area contributed by atoms with Gasteiger partial charge in [-0.3, -0.25) is 4.79 Å². The number of carbonyl (C=O) groups excluding carboxylic acids is 1. The van der Waals surface area contributed by atoms with Gasteiger partial charge in [-0.15, -0.1) is 11.3 Å². The van der Waals surface area contributed by atoms with Crippen LogP contribution in [0.5, 0.6) is 0 Å². The fourth-order valence-corrected chi connectivity index (χ4v) is 4.13. The summed E-state index contributed by atoms with van der Waals surface area (Å²) in [6.45, 7) is 7.55. The third-order valence-electron chi connectivity index (χ3n) is 4.58. The molecule has 1 saturated carbocycles. The summed E-state index contributed by atoms with van der Waals surface area (Å²) in [5, 5.41) is 3.13. The Bertz CT molecular complexity index is 495. The van der Waals surface area contributed by atoms with E-state index in [9.17, 15) is 4.79 Å². The van der Waals surface area contributed by atoms with Gasteiger partial charge in [-0.2, -0.15) is 0 Å². The third kappa shape index (κ3) is 4.19. The number of rotatable bonds is 5. The predicted octanol–water partition coefficient (Wildman–Crippen LogP) is -0.648. The van der Waals surface area contributed by atoms with Crippen LogP contribution in [0.2, 0.25) is 4.34 Å². The summed E-state index contributed by atoms with van der Waals surface area (Å²) in [7, 11) is 0. The largest absolute Gasteiger partial charge is 0.348 e. The van der Waals surface area contributed by atoms with Crippen LogP contribution in [0.15, 0.2) is 12.1 Å². The van der Waals surface area contributed by atoms with Crippen molar-refractivity contribution < 1.29 is 14.6 Å². The third-order valence-corrected chi connectivity index (χ3v) is 5.81. The maximum absolute atomic E-state index is 12.1. The minimum absolute atomic E-state index is 0.0864. The van der Waals surface area contributed by atoms with Crippen molar-refractivity contribution in [2.45, 2.75) is 38.4 Å². The Morgan fingerprint density at radius 3 is 2.67 bits per heavy atom. The molecule has 2 heterocycles. The molecular weight excluding hydrogens is 306 g/mol. The Labute approximate surface area is 135 Å². The van der Waals surface area contributed by atoms with E-state index in [0.717, 1.165) is 49.9 Å². The van der Waals surface area contributed by atoms with Crippen LogP contribution in [0.4, 0.5) is 0 Å². The molecule has 0 radical (unpaired) electrons. The molecule has 1 saturated heterocycles. The molecule has 1 amide bonds. The van der Waals surface area contributed by atoms with Gasteiger partial charge >= 0.3 is 0 Å². The van der Waals surface area contributed by atoms with E-state index in [1.807, 2.05) is 6.07 Å². The van der Waals surface area contributed by atoms with E-state index < -0.39 is 0 Å². The second-order valence-electron chi connectivity index (χ2n) is 6.30. The summed E-state index contributed by atoms with van der Waals surface area (Å²) in [6, 6.07) is 4.66. The lowest BCUT2D eigenvalue weighted by atomic mass is 10.2. The monoisotopic (exact) mass is 329 g/mol. The summed E-state index contributed by atoms with van der Waals surface area (Å²) in [5.41, 5.74) is 0. The summed E-state index contributed by atoms with van der Waals surface area (Å²) in [4.78, 5) is 16.5. The fraction of sp³-hybridized carbons (Fsp3) is 0.667. The first-order chi connectivity index (χ1) is 10.1. The molecule has 1 atom stereocenters. The van der Waals surface area contributed by atoms with Crippen molar-refractivity contribution in [3.63, 3.8) is 0 Å². The molecule has 3 N–H and O–H groups in total. The first kappa shape index (κ1) is 15.3. The van der Waals surface area contributed by atoms with Crippen LogP contribution in [0.3, 0.4) is 0 Å². The van der Waals surface area contributed by atoms with Gasteiger partial charge in [-0.05, 0) is 31.9 Å². The van der Waals surface area contributed by atoms with Crippen LogP contribution in [0, 0.1) is 0 Å². The smallest absolute Gasteiger partial charge is 0.278 e. The number of carbonyl (C=O) groups is 1. The van der Waals surface area contributed by atoms with Crippen LogP contribution in [-0.2, 0) is 11.3 Å². The highest BCUT2D eigenvalue weighted by Gasteiger charge is 2.33. The zero-order valence-electron chi connectivity index (χ0n) is 12.5. The molecule has 4 nitrogen and oxygen atoms in total. The summed E-state index contributed by atoms with van der Waals surface area (Å²) >= 11 is 7.67. The number of quaternary nitrogens is 2. The number of thiophene rings is 1. The molecule has 116 valence electrons. The van der Waals surface area contributed by atoms with Crippen molar-refractivity contribution >= 4 is 28.8 Å². The summed E-state index contributed by atoms with van der Waals surface area (Å²) in [5.74, 6) is 0.237. The maximum atomic E-state index is 12.1. The molecule has 1 aliphatic heterocycles. The number of nitrogens with one attached hydrogen (secondary N) is 3. The average Bonchev–Trinajstić information content (AvgIpc) is 3.20. The van der Waals surface area contributed by atoms with Crippen molar-refractivity contribution in [3.8, 4) is 0 Å². The molecule has 0 bridgehead atoms. The van der Waals surface area contributed by atoms with E-state index in [-0.39, 0.29) is 11.9 Å². The number of hydrogen-bond donors (Lipinski definition) is 3. The Kier molecular flexibility index (Phi) is 4.84. The molecule has 3 rings (SSSR count). The molecule has 2 aliphatic rings. The van der Waals surface area contributed by atoms with Gasteiger partial charge in [0.2, 0.25) is 0 Å². The van der Waals surface area contributed by atoms with Gasteiger partial charge in [0.1, 0.15) is 32.7 Å². The Hall–Kier alpha value is -0.620. The molecular formula is C15H24ClN3OS+2. The van der Waals surface area contributed by atoms with Crippen LogP contribution in [0.25, 0.3) is 0 Å². The van der Waals surface area contributed by atoms with E-state index in [2.05, 4.69) is 18.3 Å². The highest BCUT2D eigenvalue weighted by molar-refractivity contribution is 7.16. The lowest BCUT2D eigenvalue weighted by Crippen LogP contribution is -3.29. The normalized spacial score (nSPS) is 27.3. The van der Waals surface area contributed by atoms with Gasteiger partial charge in [0.25, 0.3) is 5.91 Å². The van der Waals surface area contributed by atoms with Gasteiger partial charge in [0.05, 0.1) is 9.21 Å². The zero-order chi connectivity index (χ0) is 14.8. The Morgan fingerprint density at radius 2 is 2.10 bits per heavy atom. The van der Waals surface area contributed by atoms with Crippen molar-refractivity contribution in [3.05, 3.63) is 21.3 Å². The predicted molar refractivity (Wildman–Crippen MR) is 85.1 cm³/mol. The van der Waals surface area contributed by atoms with Gasteiger partial charge < -0.3 is 15.1 Å². The molecule has 2 fully saturated rings. The minimum Gasteiger partial charge on any atom is -0.348 e. The van der Waals surface area contributed by atoms with E-state index in [4.69, 9.17) is 11.6 Å². The summed E-state index contributed by atoms with van der Waals surface area (Å²) < 4.78 is 0.874. The minimum atomic E-state index is 0.0864. The molecule has 1 aliphatic carbocycles. The average molecular weight is 330 g/mol. The molecule has 1 aromatic rings. The van der Waals surface area contributed by atoms with Crippen LogP contribution < -0.4 is 15.1 Å². The molecule has 0 unspecified atom stereocenters. The van der Waals surface area contributed by atoms with Crippen LogP contribution in [0.1, 0.15) is 24.6 Å². The Morgan fingerprint density at radius 1 is 1.38 bits per heavy atom. The van der Waals surface area contributed by atoms with Crippen molar-refractivity contribution in [1.82, 2.24) is 5.32 Å². The van der Waals surface area contributed by atoms with E-state index in [1.54, 1.807) is 16.2 Å². The van der Waals surface area contributed by atoms with Gasteiger partial charge in [-0.1, -0.05) is 11.6 Å². The van der Waals surface area contributed by atoms with Gasteiger partial charge in [0, 0.05) is 6.04 Å². The number of amides is 1. The van der Waals surface area contributed by atoms with E-state index in [0.29, 0.717) is 6.04 Å². The topological polar surface area (TPSA) is 38.0 Å². The van der Waals surface area contributed by atoms with Crippen LogP contribution >= 0.6 is 22.9 Å². The highest BCUT2D eigenvalue weighted by atomic mass is 35.5. The molecule has 6 heteroatoms. The number of piperazine rings is 1.